The van der Waals surface area contributed by atoms with Gasteiger partial charge in [0, 0.05) is 24.7 Å². The van der Waals surface area contributed by atoms with Crippen LogP contribution in [0, 0.1) is 0 Å². The van der Waals surface area contributed by atoms with Crippen LogP contribution in [-0.4, -0.2) is 67.1 Å². The number of aromatic nitrogens is 4. The largest absolute Gasteiger partial charge is 0.447 e. The van der Waals surface area contributed by atoms with Crippen molar-refractivity contribution in [1.29, 1.82) is 0 Å². The van der Waals surface area contributed by atoms with E-state index in [1.807, 2.05) is 13.8 Å². The normalized spacial score (nSPS) is 20.2. The summed E-state index contributed by atoms with van der Waals surface area (Å²) in [6, 6.07) is 0.389. The number of tetrazole rings is 1. The monoisotopic (exact) mass is 580 g/mol. The van der Waals surface area contributed by atoms with Crippen molar-refractivity contribution >= 4 is 12.0 Å². The third-order valence-electron chi connectivity index (χ3n) is 6.81. The number of aliphatic hydroxyl groups excluding tert-OH is 1. The summed E-state index contributed by atoms with van der Waals surface area (Å²) in [7, 11) is 0. The van der Waals surface area contributed by atoms with Crippen LogP contribution in [0.5, 0.6) is 0 Å². The number of ether oxygens (including phenoxy) is 1. The molecule has 0 spiro atoms. The summed E-state index contributed by atoms with van der Waals surface area (Å²) in [4.78, 5) is 17.2. The molecule has 0 aliphatic carbocycles. The van der Waals surface area contributed by atoms with E-state index in [0.717, 1.165) is 4.80 Å². The van der Waals surface area contributed by atoms with Crippen LogP contribution in [0.25, 0.3) is 0 Å². The maximum atomic E-state index is 13.6. The zero-order valence-electron chi connectivity index (χ0n) is 22.7. The average molecular weight is 581 g/mol. The van der Waals surface area contributed by atoms with Crippen molar-refractivity contribution in [2.75, 3.05) is 11.5 Å². The molecule has 15 heteroatoms. The number of hydrogen-bond acceptors (Lipinski definition) is 7. The van der Waals surface area contributed by atoms with Crippen molar-refractivity contribution in [3.05, 3.63) is 34.9 Å². The Bertz CT molecular complexity index is 1090. The summed E-state index contributed by atoms with van der Waals surface area (Å²) >= 11 is 0. The van der Waals surface area contributed by atoms with Crippen molar-refractivity contribution in [2.24, 2.45) is 0 Å². The summed E-state index contributed by atoms with van der Waals surface area (Å²) < 4.78 is 86.8. The van der Waals surface area contributed by atoms with Crippen LogP contribution in [0.1, 0.15) is 70.1 Å². The van der Waals surface area contributed by atoms with Crippen LogP contribution in [0.3, 0.4) is 0 Å². The van der Waals surface area contributed by atoms with Gasteiger partial charge in [-0.1, -0.05) is 18.9 Å². The molecule has 0 radical (unpaired) electrons. The highest BCUT2D eigenvalue weighted by Gasteiger charge is 2.42. The van der Waals surface area contributed by atoms with Crippen LogP contribution >= 0.6 is 0 Å². The molecular weight excluding hydrogens is 546 g/mol. The van der Waals surface area contributed by atoms with E-state index in [1.54, 1.807) is 18.7 Å². The molecule has 1 N–H and O–H groups in total. The first-order valence-electron chi connectivity index (χ1n) is 13.1. The molecule has 1 aliphatic rings. The molecule has 1 aromatic carbocycles. The molecule has 1 amide bonds. The van der Waals surface area contributed by atoms with Gasteiger partial charge in [0.2, 0.25) is 0 Å². The van der Waals surface area contributed by atoms with Gasteiger partial charge in [-0.25, -0.2) is 4.79 Å². The number of aliphatic hydroxyl groups is 1. The molecule has 3 atom stereocenters. The van der Waals surface area contributed by atoms with E-state index in [0.29, 0.717) is 37.8 Å². The minimum absolute atomic E-state index is 0.00270. The molecule has 1 aliphatic heterocycles. The van der Waals surface area contributed by atoms with Gasteiger partial charge < -0.3 is 19.6 Å². The van der Waals surface area contributed by atoms with Gasteiger partial charge in [0.05, 0.1) is 30.4 Å². The number of rotatable bonds is 9. The number of anilines is 1. The minimum atomic E-state index is -4.99. The number of halogens is 6. The Morgan fingerprint density at radius 2 is 1.60 bits per heavy atom. The molecule has 0 saturated carbocycles. The van der Waals surface area contributed by atoms with E-state index in [1.165, 1.54) is 4.90 Å². The highest BCUT2D eigenvalue weighted by Crippen LogP contribution is 2.38. The number of likely N-dealkylation sites (tertiary alicyclic amines) is 1. The van der Waals surface area contributed by atoms with Crippen LogP contribution in [0.2, 0.25) is 0 Å². The molecule has 1 aromatic heterocycles. The van der Waals surface area contributed by atoms with Crippen molar-refractivity contribution in [1.82, 2.24) is 25.1 Å². The summed E-state index contributed by atoms with van der Waals surface area (Å²) in [5.74, 6) is -0.00710. The Hall–Kier alpha value is -3.10. The second-order valence-electron chi connectivity index (χ2n) is 10.0. The Kier molecular flexibility index (Phi) is 9.90. The highest BCUT2D eigenvalue weighted by atomic mass is 19.4. The predicted octanol–water partition coefficient (Wildman–Crippen LogP) is 5.28. The van der Waals surface area contributed by atoms with E-state index in [-0.39, 0.29) is 55.5 Å². The van der Waals surface area contributed by atoms with Gasteiger partial charge in [-0.05, 0) is 68.5 Å². The van der Waals surface area contributed by atoms with Crippen molar-refractivity contribution in [3.63, 3.8) is 0 Å². The number of carbonyl (C=O) groups is 1. The van der Waals surface area contributed by atoms with Crippen LogP contribution in [-0.2, 0) is 30.2 Å². The third-order valence-corrected chi connectivity index (χ3v) is 6.81. The molecule has 0 unspecified atom stereocenters. The number of amides is 1. The maximum Gasteiger partial charge on any atom is 0.416 e. The molecule has 1 saturated heterocycles. The molecule has 2 heterocycles. The molecule has 1 fully saturated rings. The minimum Gasteiger partial charge on any atom is -0.447 e. The zero-order valence-corrected chi connectivity index (χ0v) is 22.7. The molecular formula is C25H34F6N6O3. The molecule has 0 bridgehead atoms. The van der Waals surface area contributed by atoms with Crippen molar-refractivity contribution in [3.8, 4) is 0 Å². The number of benzene rings is 1. The standard InChI is InChI=1S/C25H34F6N6O3/c1-5-19-12-21(13-20(6-2)37(19)23(39)40-15(3)4)35(22-32-34-36(33-22)7-8-38)14-16-9-17(24(26,27)28)11-18(10-16)25(29,30)31/h9-11,15,19-21,38H,5-8,12-14H2,1-4H3/t19-,20+,21+. The average Bonchev–Trinajstić information content (AvgIpc) is 3.33. The van der Waals surface area contributed by atoms with Gasteiger partial charge in [0.15, 0.2) is 0 Å². The topological polar surface area (TPSA) is 96.6 Å². The van der Waals surface area contributed by atoms with Gasteiger partial charge in [-0.3, -0.25) is 0 Å². The zero-order chi connectivity index (χ0) is 29.8. The van der Waals surface area contributed by atoms with E-state index >= 15 is 0 Å². The number of carbonyl (C=O) groups excluding carboxylic acids is 1. The predicted molar refractivity (Wildman–Crippen MR) is 132 cm³/mol. The second kappa shape index (κ2) is 12.6. The third kappa shape index (κ3) is 7.55. The van der Waals surface area contributed by atoms with E-state index in [9.17, 15) is 36.2 Å². The van der Waals surface area contributed by atoms with E-state index < -0.39 is 35.6 Å². The van der Waals surface area contributed by atoms with Gasteiger partial charge >= 0.3 is 18.4 Å². The Morgan fingerprint density at radius 3 is 2.05 bits per heavy atom. The fourth-order valence-corrected chi connectivity index (χ4v) is 5.00. The highest BCUT2D eigenvalue weighted by molar-refractivity contribution is 5.69. The lowest BCUT2D eigenvalue weighted by molar-refractivity contribution is -0.143. The fourth-order valence-electron chi connectivity index (χ4n) is 5.00. The quantitative estimate of drug-likeness (QED) is 0.404. The molecule has 3 rings (SSSR count). The first-order chi connectivity index (χ1) is 18.7. The van der Waals surface area contributed by atoms with Gasteiger partial charge in [0.25, 0.3) is 5.95 Å². The summed E-state index contributed by atoms with van der Waals surface area (Å²) in [5, 5.41) is 21.3. The lowest BCUT2D eigenvalue weighted by Crippen LogP contribution is -2.57. The first-order valence-corrected chi connectivity index (χ1v) is 13.1. The number of alkyl halides is 6. The summed E-state index contributed by atoms with van der Waals surface area (Å²) in [5.41, 5.74) is -3.07. The Morgan fingerprint density at radius 1 is 1.05 bits per heavy atom. The van der Waals surface area contributed by atoms with Gasteiger partial charge in [-0.2, -0.15) is 31.1 Å². The molecule has 224 valence electrons. The smallest absolute Gasteiger partial charge is 0.416 e. The number of hydrogen-bond donors (Lipinski definition) is 1. The van der Waals surface area contributed by atoms with Crippen LogP contribution in [0.4, 0.5) is 37.1 Å². The molecule has 9 nitrogen and oxygen atoms in total. The first kappa shape index (κ1) is 31.4. The molecule has 2 aromatic rings. The van der Waals surface area contributed by atoms with Crippen molar-refractivity contribution in [2.45, 2.75) is 103 Å². The number of nitrogens with zero attached hydrogens (tertiary/aromatic N) is 6. The lowest BCUT2D eigenvalue weighted by Gasteiger charge is -2.47. The molecule has 40 heavy (non-hydrogen) atoms. The fraction of sp³-hybridized carbons (Fsp3) is 0.680. The summed E-state index contributed by atoms with van der Waals surface area (Å²) in [6.07, 6.45) is -9.02. The second-order valence-corrected chi connectivity index (χ2v) is 10.0. The Balaban J connectivity index is 2.05. The van der Waals surface area contributed by atoms with Crippen molar-refractivity contribution < 1.29 is 41.0 Å². The van der Waals surface area contributed by atoms with E-state index in [4.69, 9.17) is 4.74 Å². The number of piperidine rings is 1. The Labute approximate surface area is 228 Å². The van der Waals surface area contributed by atoms with Gasteiger partial charge in [-0.15, -0.1) is 5.10 Å². The summed E-state index contributed by atoms with van der Waals surface area (Å²) in [6.45, 7) is 6.57. The van der Waals surface area contributed by atoms with E-state index in [2.05, 4.69) is 15.4 Å². The maximum absolute atomic E-state index is 13.6. The van der Waals surface area contributed by atoms with Crippen LogP contribution < -0.4 is 4.90 Å². The SMILES string of the molecule is CC[C@@H]1C[C@H](N(Cc2cc(C(F)(F)F)cc(C(F)(F)F)c2)c2nnn(CCO)n2)C[C@H](CC)N1C(=O)OC(C)C. The lowest BCUT2D eigenvalue weighted by atomic mass is 9.87. The van der Waals surface area contributed by atoms with Gasteiger partial charge in [0.1, 0.15) is 0 Å². The van der Waals surface area contributed by atoms with Crippen LogP contribution in [0.15, 0.2) is 18.2 Å².